The number of benzene rings is 1. The lowest BCUT2D eigenvalue weighted by Crippen LogP contribution is -2.28. The van der Waals surface area contributed by atoms with Crippen molar-refractivity contribution in [3.63, 3.8) is 0 Å². The third kappa shape index (κ3) is 2.47. The van der Waals surface area contributed by atoms with Gasteiger partial charge in [0.2, 0.25) is 0 Å². The lowest BCUT2D eigenvalue weighted by Gasteiger charge is -2.13. The van der Waals surface area contributed by atoms with Gasteiger partial charge in [-0.3, -0.25) is 4.57 Å². The Morgan fingerprint density at radius 1 is 1.53 bits per heavy atom. The van der Waals surface area contributed by atoms with Crippen LogP contribution in [0.2, 0.25) is 0 Å². The molecule has 6 heteroatoms. The van der Waals surface area contributed by atoms with Crippen molar-refractivity contribution in [3.05, 3.63) is 28.7 Å². The van der Waals surface area contributed by atoms with Crippen molar-refractivity contribution in [2.24, 2.45) is 0 Å². The van der Waals surface area contributed by atoms with Crippen LogP contribution < -0.4 is 11.4 Å². The maximum atomic E-state index is 12.0. The topological polar surface area (TPSA) is 101 Å². The highest BCUT2D eigenvalue weighted by atomic mass is 16.4. The van der Waals surface area contributed by atoms with Crippen molar-refractivity contribution in [2.45, 2.75) is 32.2 Å². The molecule has 102 valence electrons. The Bertz CT molecular complexity index is 657. The molecule has 1 aromatic carbocycles. The minimum atomic E-state index is -1.00. The second-order valence-electron chi connectivity index (χ2n) is 4.57. The van der Waals surface area contributed by atoms with Crippen molar-refractivity contribution in [3.8, 4) is 0 Å². The van der Waals surface area contributed by atoms with Crippen LogP contribution in [0.1, 0.15) is 32.2 Å². The molecule has 0 aliphatic carbocycles. The molecule has 0 radical (unpaired) electrons. The van der Waals surface area contributed by atoms with Gasteiger partial charge < -0.3 is 15.8 Å². The Hall–Kier alpha value is -2.24. The zero-order chi connectivity index (χ0) is 14.0. The van der Waals surface area contributed by atoms with E-state index < -0.39 is 17.7 Å². The summed E-state index contributed by atoms with van der Waals surface area (Å²) in [6.45, 7) is 1.98. The molecule has 0 fully saturated rings. The highest BCUT2D eigenvalue weighted by Gasteiger charge is 2.23. The molecule has 0 aliphatic rings. The summed E-state index contributed by atoms with van der Waals surface area (Å²) in [6.07, 6.45) is 2.05. The lowest BCUT2D eigenvalue weighted by atomic mass is 10.1. The zero-order valence-corrected chi connectivity index (χ0v) is 10.7. The molecule has 19 heavy (non-hydrogen) atoms. The first-order valence-corrected chi connectivity index (χ1v) is 6.27. The van der Waals surface area contributed by atoms with E-state index in [4.69, 9.17) is 5.73 Å². The van der Waals surface area contributed by atoms with Gasteiger partial charge in [0.15, 0.2) is 0 Å². The molecule has 6 nitrogen and oxygen atoms in total. The number of unbranched alkanes of at least 4 members (excludes halogenated alkanes) is 1. The molecule has 4 N–H and O–H groups in total. The molecule has 1 heterocycles. The fourth-order valence-electron chi connectivity index (χ4n) is 2.21. The van der Waals surface area contributed by atoms with Crippen LogP contribution in [0.3, 0.4) is 0 Å². The molecule has 1 unspecified atom stereocenters. The van der Waals surface area contributed by atoms with Crippen LogP contribution in [0.4, 0.5) is 5.69 Å². The molecule has 1 aromatic heterocycles. The summed E-state index contributed by atoms with van der Waals surface area (Å²) in [5.74, 6) is -1.00. The number of anilines is 1. The number of fused-ring (bicyclic) bond motifs is 1. The molecule has 1 atom stereocenters. The average Bonchev–Trinajstić information content (AvgIpc) is 2.66. The van der Waals surface area contributed by atoms with E-state index in [9.17, 15) is 14.7 Å². The number of nitrogens with zero attached hydrogens (tertiary/aromatic N) is 1. The summed E-state index contributed by atoms with van der Waals surface area (Å²) >= 11 is 0. The Balaban J connectivity index is 2.58. The number of imidazole rings is 1. The fourth-order valence-corrected chi connectivity index (χ4v) is 2.21. The summed E-state index contributed by atoms with van der Waals surface area (Å²) in [4.78, 5) is 26.0. The molecule has 0 bridgehead atoms. The van der Waals surface area contributed by atoms with Gasteiger partial charge in [-0.05, 0) is 24.6 Å². The highest BCUT2D eigenvalue weighted by Crippen LogP contribution is 2.21. The first-order chi connectivity index (χ1) is 9.04. The minimum Gasteiger partial charge on any atom is -0.480 e. The number of hydrogen-bond donors (Lipinski definition) is 3. The number of carbonyl (C=O) groups is 1. The van der Waals surface area contributed by atoms with Gasteiger partial charge in [0.05, 0.1) is 11.0 Å². The number of carboxylic acids is 1. The van der Waals surface area contributed by atoms with Gasteiger partial charge in [-0.1, -0.05) is 19.8 Å². The quantitative estimate of drug-likeness (QED) is 0.715. The van der Waals surface area contributed by atoms with Gasteiger partial charge in [0, 0.05) is 5.69 Å². The highest BCUT2D eigenvalue weighted by molar-refractivity contribution is 5.82. The summed E-state index contributed by atoms with van der Waals surface area (Å²) in [6, 6.07) is 4.11. The van der Waals surface area contributed by atoms with E-state index >= 15 is 0 Å². The summed E-state index contributed by atoms with van der Waals surface area (Å²) < 4.78 is 1.28. The SMILES string of the molecule is CCCCC(C(=O)O)n1c(=O)[nH]c2ccc(N)cc21. The zero-order valence-electron chi connectivity index (χ0n) is 10.7. The Labute approximate surface area is 109 Å². The van der Waals surface area contributed by atoms with Crippen LogP contribution in [-0.2, 0) is 4.79 Å². The Morgan fingerprint density at radius 3 is 2.89 bits per heavy atom. The molecule has 2 rings (SSSR count). The van der Waals surface area contributed by atoms with Crippen LogP contribution in [0, 0.1) is 0 Å². The van der Waals surface area contributed by atoms with Crippen molar-refractivity contribution in [2.75, 3.05) is 5.73 Å². The van der Waals surface area contributed by atoms with E-state index in [1.165, 1.54) is 4.57 Å². The largest absolute Gasteiger partial charge is 0.480 e. The number of nitrogens with one attached hydrogen (secondary N) is 1. The van der Waals surface area contributed by atoms with Gasteiger partial charge in [-0.2, -0.15) is 0 Å². The third-order valence-corrected chi connectivity index (χ3v) is 3.17. The van der Waals surface area contributed by atoms with E-state index in [0.717, 1.165) is 12.8 Å². The fraction of sp³-hybridized carbons (Fsp3) is 0.385. The number of nitrogens with two attached hydrogens (primary N) is 1. The monoisotopic (exact) mass is 263 g/mol. The van der Waals surface area contributed by atoms with Crippen LogP contribution in [0.25, 0.3) is 11.0 Å². The summed E-state index contributed by atoms with van der Waals surface area (Å²) in [5, 5.41) is 9.32. The molecule has 0 aliphatic heterocycles. The maximum Gasteiger partial charge on any atom is 0.327 e. The number of aromatic nitrogens is 2. The number of rotatable bonds is 5. The molecular weight excluding hydrogens is 246 g/mol. The predicted octanol–water partition coefficient (Wildman–Crippen LogP) is 1.73. The number of hydrogen-bond acceptors (Lipinski definition) is 3. The molecule has 0 saturated carbocycles. The van der Waals surface area contributed by atoms with Crippen LogP contribution in [0.15, 0.2) is 23.0 Å². The average molecular weight is 263 g/mol. The summed E-state index contributed by atoms with van der Waals surface area (Å²) in [5.41, 5.74) is 6.92. The first kappa shape index (κ1) is 13.2. The van der Waals surface area contributed by atoms with Crippen LogP contribution >= 0.6 is 0 Å². The van der Waals surface area contributed by atoms with E-state index in [0.29, 0.717) is 23.1 Å². The molecule has 0 saturated heterocycles. The molecular formula is C13H17N3O3. The smallest absolute Gasteiger partial charge is 0.327 e. The number of carboxylic acid groups (broad SMARTS) is 1. The van der Waals surface area contributed by atoms with Crippen molar-refractivity contribution in [1.29, 1.82) is 0 Å². The minimum absolute atomic E-state index is 0.413. The van der Waals surface area contributed by atoms with Gasteiger partial charge >= 0.3 is 11.7 Å². The first-order valence-electron chi connectivity index (χ1n) is 6.27. The molecule has 0 spiro atoms. The van der Waals surface area contributed by atoms with E-state index in [2.05, 4.69) is 4.98 Å². The van der Waals surface area contributed by atoms with Crippen molar-refractivity contribution >= 4 is 22.7 Å². The summed E-state index contributed by atoms with van der Waals surface area (Å²) in [7, 11) is 0. The number of H-pyrrole nitrogens is 1. The Morgan fingerprint density at radius 2 is 2.26 bits per heavy atom. The third-order valence-electron chi connectivity index (χ3n) is 3.17. The maximum absolute atomic E-state index is 12.0. The van der Waals surface area contributed by atoms with Gasteiger partial charge in [-0.15, -0.1) is 0 Å². The van der Waals surface area contributed by atoms with E-state index in [1.807, 2.05) is 6.92 Å². The van der Waals surface area contributed by atoms with E-state index in [1.54, 1.807) is 18.2 Å². The van der Waals surface area contributed by atoms with Gasteiger partial charge in [0.1, 0.15) is 6.04 Å². The predicted molar refractivity (Wildman–Crippen MR) is 73.2 cm³/mol. The standard InChI is InChI=1S/C13H17N3O3/c1-2-3-4-10(12(17)18)16-11-7-8(14)5-6-9(11)15-13(16)19/h5-7,10H,2-4,14H2,1H3,(H,15,19)(H,17,18). The second kappa shape index (κ2) is 5.17. The van der Waals surface area contributed by atoms with Crippen LogP contribution in [0.5, 0.6) is 0 Å². The second-order valence-corrected chi connectivity index (χ2v) is 4.57. The lowest BCUT2D eigenvalue weighted by molar-refractivity contribution is -0.141. The number of aromatic amines is 1. The number of nitrogen functional groups attached to an aromatic ring is 1. The van der Waals surface area contributed by atoms with Gasteiger partial charge in [-0.25, -0.2) is 9.59 Å². The Kier molecular flexibility index (Phi) is 3.59. The molecule has 0 amide bonds. The number of aliphatic carboxylic acids is 1. The molecule has 2 aromatic rings. The van der Waals surface area contributed by atoms with Crippen molar-refractivity contribution < 1.29 is 9.90 Å². The van der Waals surface area contributed by atoms with E-state index in [-0.39, 0.29) is 0 Å². The van der Waals surface area contributed by atoms with Gasteiger partial charge in [0.25, 0.3) is 0 Å². The van der Waals surface area contributed by atoms with Crippen molar-refractivity contribution in [1.82, 2.24) is 9.55 Å². The van der Waals surface area contributed by atoms with Crippen LogP contribution in [-0.4, -0.2) is 20.6 Å². The normalized spacial score (nSPS) is 12.7.